The fourth-order valence-electron chi connectivity index (χ4n) is 3.17. The van der Waals surface area contributed by atoms with Crippen LogP contribution in [0.5, 0.6) is 0 Å². The van der Waals surface area contributed by atoms with Crippen LogP contribution < -0.4 is 0 Å². The monoisotopic (exact) mass is 380 g/mol. The minimum absolute atomic E-state index is 0.249. The van der Waals surface area contributed by atoms with Crippen molar-refractivity contribution in [3.63, 3.8) is 0 Å². The van der Waals surface area contributed by atoms with E-state index in [1.165, 1.54) is 103 Å². The number of ether oxygens (including phenoxy) is 2. The summed E-state index contributed by atoms with van der Waals surface area (Å²) >= 11 is 0. The zero-order chi connectivity index (χ0) is 20.0. The summed E-state index contributed by atoms with van der Waals surface area (Å²) < 4.78 is 10.4. The summed E-state index contributed by atoms with van der Waals surface area (Å²) in [6.07, 6.45) is 24.8. The zero-order valence-corrected chi connectivity index (χ0v) is 18.1. The quantitative estimate of drug-likeness (QED) is 0.0933. The number of carbonyl (C=O) groups excluding carboxylic acids is 1. The van der Waals surface area contributed by atoms with Gasteiger partial charge in [0.15, 0.2) is 0 Å². The Hall–Kier alpha value is -1.25. The van der Waals surface area contributed by atoms with Gasteiger partial charge in [-0.25, -0.2) is 0 Å². The number of hydrogen-bond donors (Lipinski definition) is 0. The molecule has 0 rings (SSSR count). The molecule has 0 atom stereocenters. The number of carbonyl (C=O) groups is 1. The molecule has 0 aromatic rings. The average molecular weight is 381 g/mol. The van der Waals surface area contributed by atoms with Crippen molar-refractivity contribution in [1.82, 2.24) is 0 Å². The van der Waals surface area contributed by atoms with E-state index in [1.807, 2.05) is 0 Å². The van der Waals surface area contributed by atoms with Gasteiger partial charge in [0, 0.05) is 13.0 Å². The first-order valence-corrected chi connectivity index (χ1v) is 11.3. The lowest BCUT2D eigenvalue weighted by Crippen LogP contribution is -2.04. The molecule has 0 N–H and O–H groups in total. The highest BCUT2D eigenvalue weighted by Gasteiger charge is 2.02. The van der Waals surface area contributed by atoms with Gasteiger partial charge < -0.3 is 9.47 Å². The van der Waals surface area contributed by atoms with E-state index < -0.39 is 0 Å². The molecule has 0 aliphatic heterocycles. The summed E-state index contributed by atoms with van der Waals surface area (Å²) in [4.78, 5) is 10.9. The van der Waals surface area contributed by atoms with Crippen molar-refractivity contribution in [2.75, 3.05) is 6.61 Å². The smallest absolute Gasteiger partial charge is 0.310 e. The Labute approximate surface area is 168 Å². The minimum atomic E-state index is -0.366. The van der Waals surface area contributed by atoms with Gasteiger partial charge in [0.25, 0.3) is 5.95 Å². The number of allylic oxidation sites excluding steroid dienone is 2. The van der Waals surface area contributed by atoms with Crippen LogP contribution in [-0.2, 0) is 14.3 Å². The molecular weight excluding hydrogens is 336 g/mol. The molecule has 0 amide bonds. The van der Waals surface area contributed by atoms with Gasteiger partial charge >= 0.3 is 5.97 Å². The fourth-order valence-corrected chi connectivity index (χ4v) is 3.17. The second kappa shape index (κ2) is 21.1. The molecule has 27 heavy (non-hydrogen) atoms. The predicted molar refractivity (Wildman–Crippen MR) is 116 cm³/mol. The van der Waals surface area contributed by atoms with Crippen molar-refractivity contribution in [2.45, 2.75) is 117 Å². The summed E-state index contributed by atoms with van der Waals surface area (Å²) in [7, 11) is 0. The minimum Gasteiger partial charge on any atom is -0.465 e. The molecule has 0 aromatic carbocycles. The standard InChI is InChI=1S/C24H44O3/c1-4-6-7-8-9-10-11-12-13-14-15-16-17-18-19-20-22-26-24(21-5-2)27-23(3)25/h5,21H,2,4,6-20,22H2,1,3H3/b24-21-. The molecular formula is C24H44O3. The van der Waals surface area contributed by atoms with Gasteiger partial charge in [-0.3, -0.25) is 4.79 Å². The molecule has 0 heterocycles. The molecule has 0 unspecified atom stereocenters. The van der Waals surface area contributed by atoms with E-state index in [9.17, 15) is 4.79 Å². The summed E-state index contributed by atoms with van der Waals surface area (Å²) in [5, 5.41) is 0. The van der Waals surface area contributed by atoms with Gasteiger partial charge in [0.05, 0.1) is 6.61 Å². The third kappa shape index (κ3) is 20.9. The number of esters is 1. The normalized spacial score (nSPS) is 11.4. The van der Waals surface area contributed by atoms with Crippen LogP contribution in [0.1, 0.15) is 117 Å². The Bertz CT molecular complexity index is 374. The molecule has 0 aliphatic rings. The van der Waals surface area contributed by atoms with Crippen molar-refractivity contribution >= 4 is 5.97 Å². The second-order valence-electron chi connectivity index (χ2n) is 7.47. The summed E-state index contributed by atoms with van der Waals surface area (Å²) in [5.74, 6) is -0.117. The number of rotatable bonds is 20. The lowest BCUT2D eigenvalue weighted by atomic mass is 10.0. The molecule has 0 radical (unpaired) electrons. The highest BCUT2D eigenvalue weighted by molar-refractivity contribution is 5.67. The Morgan fingerprint density at radius 2 is 1.15 bits per heavy atom. The van der Waals surface area contributed by atoms with Gasteiger partial charge in [-0.15, -0.1) is 0 Å². The first-order chi connectivity index (χ1) is 13.2. The van der Waals surface area contributed by atoms with Gasteiger partial charge in [-0.1, -0.05) is 116 Å². The molecule has 0 aliphatic carbocycles. The molecule has 3 heteroatoms. The van der Waals surface area contributed by atoms with Crippen LogP contribution in [-0.4, -0.2) is 12.6 Å². The van der Waals surface area contributed by atoms with Crippen molar-refractivity contribution in [1.29, 1.82) is 0 Å². The Kier molecular flexibility index (Phi) is 20.1. The van der Waals surface area contributed by atoms with E-state index >= 15 is 0 Å². The average Bonchev–Trinajstić information content (AvgIpc) is 2.64. The summed E-state index contributed by atoms with van der Waals surface area (Å²) in [6.45, 7) is 7.82. The van der Waals surface area contributed by atoms with Crippen LogP contribution in [0.4, 0.5) is 0 Å². The molecule has 0 bridgehead atoms. The van der Waals surface area contributed by atoms with Crippen LogP contribution in [0.3, 0.4) is 0 Å². The SMILES string of the molecule is C=C/C=C(/OCCCCCCCCCCCCCCCCCC)OC(C)=O. The van der Waals surface area contributed by atoms with Crippen LogP contribution in [0.15, 0.2) is 24.7 Å². The predicted octanol–water partition coefficient (Wildman–Crippen LogP) is 7.86. The van der Waals surface area contributed by atoms with Crippen molar-refractivity contribution in [3.05, 3.63) is 24.7 Å². The van der Waals surface area contributed by atoms with Crippen LogP contribution in [0.25, 0.3) is 0 Å². The highest BCUT2D eigenvalue weighted by atomic mass is 16.7. The lowest BCUT2D eigenvalue weighted by Gasteiger charge is -2.08. The lowest BCUT2D eigenvalue weighted by molar-refractivity contribution is -0.142. The molecule has 0 saturated carbocycles. The maximum absolute atomic E-state index is 10.9. The molecule has 0 spiro atoms. The Morgan fingerprint density at radius 1 is 0.741 bits per heavy atom. The van der Waals surface area contributed by atoms with E-state index in [0.29, 0.717) is 6.61 Å². The van der Waals surface area contributed by atoms with Crippen molar-refractivity contribution in [3.8, 4) is 0 Å². The van der Waals surface area contributed by atoms with E-state index in [0.717, 1.165) is 6.42 Å². The largest absolute Gasteiger partial charge is 0.465 e. The van der Waals surface area contributed by atoms with E-state index in [4.69, 9.17) is 9.47 Å². The Balaban J connectivity index is 3.26. The van der Waals surface area contributed by atoms with Crippen LogP contribution in [0.2, 0.25) is 0 Å². The number of unbranched alkanes of at least 4 members (excludes halogenated alkanes) is 15. The maximum atomic E-state index is 10.9. The third-order valence-corrected chi connectivity index (χ3v) is 4.74. The van der Waals surface area contributed by atoms with E-state index in [-0.39, 0.29) is 11.9 Å². The van der Waals surface area contributed by atoms with Crippen LogP contribution in [0, 0.1) is 0 Å². The molecule has 0 fully saturated rings. The fraction of sp³-hybridized carbons (Fsp3) is 0.792. The first-order valence-electron chi connectivity index (χ1n) is 11.3. The van der Waals surface area contributed by atoms with Gasteiger partial charge in [-0.2, -0.15) is 0 Å². The summed E-state index contributed by atoms with van der Waals surface area (Å²) in [5.41, 5.74) is 0. The van der Waals surface area contributed by atoms with Crippen LogP contribution >= 0.6 is 0 Å². The molecule has 0 aromatic heterocycles. The van der Waals surface area contributed by atoms with Gasteiger partial charge in [0.1, 0.15) is 0 Å². The zero-order valence-electron chi connectivity index (χ0n) is 18.1. The maximum Gasteiger partial charge on any atom is 0.310 e. The first kappa shape index (κ1) is 25.8. The van der Waals surface area contributed by atoms with Gasteiger partial charge in [-0.05, 0) is 6.42 Å². The van der Waals surface area contributed by atoms with Crippen molar-refractivity contribution < 1.29 is 14.3 Å². The third-order valence-electron chi connectivity index (χ3n) is 4.74. The summed E-state index contributed by atoms with van der Waals surface area (Å²) in [6, 6.07) is 0. The Morgan fingerprint density at radius 3 is 1.52 bits per heavy atom. The van der Waals surface area contributed by atoms with E-state index in [2.05, 4.69) is 13.5 Å². The number of hydrogen-bond acceptors (Lipinski definition) is 3. The molecule has 3 nitrogen and oxygen atoms in total. The molecule has 0 saturated heterocycles. The molecule has 158 valence electrons. The van der Waals surface area contributed by atoms with E-state index in [1.54, 1.807) is 12.2 Å². The topological polar surface area (TPSA) is 35.5 Å². The van der Waals surface area contributed by atoms with Crippen molar-refractivity contribution in [2.24, 2.45) is 0 Å². The second-order valence-corrected chi connectivity index (χ2v) is 7.47. The highest BCUT2D eigenvalue weighted by Crippen LogP contribution is 2.14. The van der Waals surface area contributed by atoms with Gasteiger partial charge in [0.2, 0.25) is 0 Å².